The summed E-state index contributed by atoms with van der Waals surface area (Å²) in [6.07, 6.45) is 7.52. The molecule has 3 aliphatic rings. The van der Waals surface area contributed by atoms with Gasteiger partial charge in [0.05, 0.1) is 17.4 Å². The second kappa shape index (κ2) is 5.99. The highest BCUT2D eigenvalue weighted by Crippen LogP contribution is 2.49. The summed E-state index contributed by atoms with van der Waals surface area (Å²) in [6.45, 7) is 2.20. The van der Waals surface area contributed by atoms with Crippen LogP contribution in [-0.2, 0) is 22.4 Å². The predicted octanol–water partition coefficient (Wildman–Crippen LogP) is 3.21. The number of carboxylic acid groups (broad SMARTS) is 1. The van der Waals surface area contributed by atoms with Crippen molar-refractivity contribution in [2.24, 2.45) is 29.6 Å². The van der Waals surface area contributed by atoms with Crippen LogP contribution in [-0.4, -0.2) is 17.0 Å². The highest BCUT2D eigenvalue weighted by molar-refractivity contribution is 7.16. The van der Waals surface area contributed by atoms with E-state index >= 15 is 0 Å². The highest BCUT2D eigenvalue weighted by Gasteiger charge is 2.51. The summed E-state index contributed by atoms with van der Waals surface area (Å²) in [5, 5.41) is 22.6. The van der Waals surface area contributed by atoms with Crippen molar-refractivity contribution in [3.63, 3.8) is 0 Å². The lowest BCUT2D eigenvalue weighted by Gasteiger charge is -2.23. The van der Waals surface area contributed by atoms with Crippen molar-refractivity contribution in [3.05, 3.63) is 28.2 Å². The molecule has 1 aromatic heterocycles. The molecular formula is C19H20N2O3S. The average molecular weight is 356 g/mol. The van der Waals surface area contributed by atoms with Gasteiger partial charge in [0, 0.05) is 4.88 Å². The number of amides is 1. The number of hydrogen-bond acceptors (Lipinski definition) is 4. The minimum atomic E-state index is -0.906. The largest absolute Gasteiger partial charge is 0.481 e. The zero-order valence-electron chi connectivity index (χ0n) is 14.0. The monoisotopic (exact) mass is 356 g/mol. The van der Waals surface area contributed by atoms with E-state index in [1.54, 1.807) is 0 Å². The molecule has 2 N–H and O–H groups in total. The molecule has 0 saturated heterocycles. The second-order valence-electron chi connectivity index (χ2n) is 7.50. The third kappa shape index (κ3) is 2.58. The molecule has 1 heterocycles. The van der Waals surface area contributed by atoms with E-state index < -0.39 is 17.8 Å². The van der Waals surface area contributed by atoms with Crippen LogP contribution in [0.3, 0.4) is 0 Å². The number of fused-ring (bicyclic) bond motifs is 3. The number of nitrogens with zero attached hydrogens (tertiary/aromatic N) is 1. The Morgan fingerprint density at radius 2 is 2.04 bits per heavy atom. The fourth-order valence-corrected chi connectivity index (χ4v) is 6.03. The second-order valence-corrected chi connectivity index (χ2v) is 8.60. The number of rotatable bonds is 3. The van der Waals surface area contributed by atoms with E-state index in [1.807, 2.05) is 12.2 Å². The van der Waals surface area contributed by atoms with Crippen molar-refractivity contribution in [2.45, 2.75) is 32.6 Å². The first-order valence-electron chi connectivity index (χ1n) is 8.76. The van der Waals surface area contributed by atoms with Crippen molar-refractivity contribution in [1.82, 2.24) is 0 Å². The zero-order valence-corrected chi connectivity index (χ0v) is 14.8. The molecule has 130 valence electrons. The Hall–Kier alpha value is -2.13. The van der Waals surface area contributed by atoms with Crippen molar-refractivity contribution >= 4 is 28.2 Å². The SMILES string of the molecule is C[C@H]1CCc2c(sc(NC(=O)[C@H]3[C@@H](C(=O)O)[C@H]4C=C[C@@H]3C4)c2C#N)C1. The number of anilines is 1. The van der Waals surface area contributed by atoms with E-state index in [1.165, 1.54) is 16.2 Å². The summed E-state index contributed by atoms with van der Waals surface area (Å²) < 4.78 is 0. The summed E-state index contributed by atoms with van der Waals surface area (Å²) in [5.74, 6) is -1.83. The van der Waals surface area contributed by atoms with Gasteiger partial charge < -0.3 is 10.4 Å². The molecule has 1 saturated carbocycles. The third-order valence-corrected chi connectivity index (χ3v) is 7.08. The van der Waals surface area contributed by atoms with E-state index in [0.717, 1.165) is 31.2 Å². The van der Waals surface area contributed by atoms with Gasteiger partial charge in [-0.1, -0.05) is 19.1 Å². The molecule has 0 spiro atoms. The lowest BCUT2D eigenvalue weighted by Crippen LogP contribution is -2.36. The van der Waals surface area contributed by atoms with Gasteiger partial charge in [-0.05, 0) is 49.0 Å². The standard InChI is InChI=1S/C19H20N2O3S/c1-9-2-5-12-13(8-20)18(25-14(12)6-9)21-17(22)15-10-3-4-11(7-10)16(15)19(23)24/h3-4,9-11,15-16H,2,5-7H2,1H3,(H,21,22)(H,23,24)/t9-,10+,11-,15+,16-/m0/s1. The smallest absolute Gasteiger partial charge is 0.307 e. The van der Waals surface area contributed by atoms with Gasteiger partial charge in [-0.25, -0.2) is 0 Å². The summed E-state index contributed by atoms with van der Waals surface area (Å²) in [7, 11) is 0. The minimum absolute atomic E-state index is 0.00811. The van der Waals surface area contributed by atoms with Crippen LogP contribution < -0.4 is 5.32 Å². The molecule has 1 amide bonds. The topological polar surface area (TPSA) is 90.2 Å². The van der Waals surface area contributed by atoms with Gasteiger partial charge in [0.2, 0.25) is 5.91 Å². The van der Waals surface area contributed by atoms with Crippen molar-refractivity contribution in [2.75, 3.05) is 5.32 Å². The van der Waals surface area contributed by atoms with Crippen molar-refractivity contribution in [1.29, 1.82) is 5.26 Å². The molecule has 0 unspecified atom stereocenters. The highest BCUT2D eigenvalue weighted by atomic mass is 32.1. The van der Waals surface area contributed by atoms with Gasteiger partial charge >= 0.3 is 5.97 Å². The maximum Gasteiger partial charge on any atom is 0.307 e. The van der Waals surface area contributed by atoms with Crippen LogP contribution in [0.25, 0.3) is 0 Å². The molecule has 0 aliphatic heterocycles. The fraction of sp³-hybridized carbons (Fsp3) is 0.526. The molecule has 1 aromatic rings. The van der Waals surface area contributed by atoms with Crippen molar-refractivity contribution in [3.8, 4) is 6.07 Å². The van der Waals surface area contributed by atoms with Gasteiger partial charge in [-0.2, -0.15) is 5.26 Å². The quantitative estimate of drug-likeness (QED) is 0.814. The first-order valence-corrected chi connectivity index (χ1v) is 9.58. The number of thiophene rings is 1. The molecule has 2 bridgehead atoms. The number of hydrogen-bond donors (Lipinski definition) is 2. The Kier molecular flexibility index (Phi) is 3.92. The van der Waals surface area contributed by atoms with Crippen LogP contribution >= 0.6 is 11.3 Å². The maximum atomic E-state index is 12.9. The molecule has 3 aliphatic carbocycles. The number of nitriles is 1. The van der Waals surface area contributed by atoms with Gasteiger partial charge in [0.1, 0.15) is 11.1 Å². The summed E-state index contributed by atoms with van der Waals surface area (Å²) in [5.41, 5.74) is 1.65. The molecule has 1 fully saturated rings. The molecule has 4 rings (SSSR count). The van der Waals surface area contributed by atoms with Gasteiger partial charge in [-0.15, -0.1) is 11.3 Å². The lowest BCUT2D eigenvalue weighted by molar-refractivity contribution is -0.146. The number of aliphatic carboxylic acids is 1. The zero-order chi connectivity index (χ0) is 17.7. The number of allylic oxidation sites excluding steroid dienone is 2. The number of carbonyl (C=O) groups excluding carboxylic acids is 1. The molecule has 0 aromatic carbocycles. The van der Waals surface area contributed by atoms with E-state index in [9.17, 15) is 20.0 Å². The fourth-order valence-electron chi connectivity index (χ4n) is 4.67. The summed E-state index contributed by atoms with van der Waals surface area (Å²) >= 11 is 1.49. The van der Waals surface area contributed by atoms with Crippen LogP contribution in [0, 0.1) is 40.9 Å². The summed E-state index contributed by atoms with van der Waals surface area (Å²) in [6, 6.07) is 2.25. The van der Waals surface area contributed by atoms with Crippen LogP contribution in [0.2, 0.25) is 0 Å². The maximum absolute atomic E-state index is 12.9. The van der Waals surface area contributed by atoms with Crippen LogP contribution in [0.5, 0.6) is 0 Å². The van der Waals surface area contributed by atoms with E-state index in [-0.39, 0.29) is 17.7 Å². The summed E-state index contributed by atoms with van der Waals surface area (Å²) in [4.78, 5) is 25.7. The third-order valence-electron chi connectivity index (χ3n) is 5.91. The molecule has 0 radical (unpaired) electrons. The minimum Gasteiger partial charge on any atom is -0.481 e. The van der Waals surface area contributed by atoms with E-state index in [4.69, 9.17) is 0 Å². The molecule has 6 heteroatoms. The Balaban J connectivity index is 1.61. The van der Waals surface area contributed by atoms with Gasteiger partial charge in [0.25, 0.3) is 0 Å². The van der Waals surface area contributed by atoms with Crippen LogP contribution in [0.4, 0.5) is 5.00 Å². The van der Waals surface area contributed by atoms with Gasteiger partial charge in [-0.3, -0.25) is 9.59 Å². The Morgan fingerprint density at radius 3 is 2.72 bits per heavy atom. The van der Waals surface area contributed by atoms with Crippen LogP contribution in [0.1, 0.15) is 35.8 Å². The Bertz CT molecular complexity index is 819. The first-order chi connectivity index (χ1) is 12.0. The number of carboxylic acids is 1. The number of nitrogens with one attached hydrogen (secondary N) is 1. The normalized spacial score (nSPS) is 32.2. The first kappa shape index (κ1) is 16.3. The predicted molar refractivity (Wildman–Crippen MR) is 94.2 cm³/mol. The molecule has 25 heavy (non-hydrogen) atoms. The average Bonchev–Trinajstić information content (AvgIpc) is 3.25. The van der Waals surface area contributed by atoms with Crippen molar-refractivity contribution < 1.29 is 14.7 Å². The molecule has 5 atom stereocenters. The Labute approximate surface area is 150 Å². The number of carbonyl (C=O) groups is 2. The Morgan fingerprint density at radius 1 is 1.32 bits per heavy atom. The van der Waals surface area contributed by atoms with Gasteiger partial charge in [0.15, 0.2) is 0 Å². The van der Waals surface area contributed by atoms with Crippen LogP contribution in [0.15, 0.2) is 12.2 Å². The molecular weight excluding hydrogens is 336 g/mol. The molecule has 5 nitrogen and oxygen atoms in total. The lowest BCUT2D eigenvalue weighted by atomic mass is 9.82. The van der Waals surface area contributed by atoms with E-state index in [2.05, 4.69) is 18.3 Å². The van der Waals surface area contributed by atoms with E-state index in [0.29, 0.717) is 16.5 Å².